The Morgan fingerprint density at radius 1 is 1.20 bits per heavy atom. The van der Waals surface area contributed by atoms with Crippen molar-refractivity contribution in [1.29, 1.82) is 0 Å². The number of rotatable bonds is 8. The third kappa shape index (κ3) is 6.18. The van der Waals surface area contributed by atoms with E-state index in [2.05, 4.69) is 19.7 Å². The quantitative estimate of drug-likeness (QED) is 0.651. The van der Waals surface area contributed by atoms with Gasteiger partial charge in [-0.2, -0.15) is 0 Å². The fraction of sp³-hybridized carbons (Fsp3) is 0.214. The van der Waals surface area contributed by atoms with Gasteiger partial charge in [0.05, 0.1) is 11.3 Å². The zero-order chi connectivity index (χ0) is 18.3. The maximum Gasteiger partial charge on any atom is 0.307 e. The van der Waals surface area contributed by atoms with Crippen LogP contribution in [0.2, 0.25) is 5.02 Å². The van der Waals surface area contributed by atoms with E-state index in [1.165, 1.54) is 36.6 Å². The van der Waals surface area contributed by atoms with Crippen LogP contribution in [0.15, 0.2) is 46.0 Å². The number of ether oxygens (including phenoxy) is 1. The van der Waals surface area contributed by atoms with Gasteiger partial charge < -0.3 is 14.6 Å². The Morgan fingerprint density at radius 2 is 1.92 bits per heavy atom. The van der Waals surface area contributed by atoms with Crippen LogP contribution in [-0.2, 0) is 24.3 Å². The van der Waals surface area contributed by atoms with Crippen LogP contribution in [0, 0.1) is 0 Å². The molecule has 1 amide bonds. The highest BCUT2D eigenvalue weighted by atomic mass is 35.5. The average Bonchev–Trinajstić information content (AvgIpc) is 3.06. The summed E-state index contributed by atoms with van der Waals surface area (Å²) in [6, 6.07) is 7.00. The molecule has 0 aliphatic rings. The fourth-order valence-electron chi connectivity index (χ4n) is 1.66. The molecule has 0 spiro atoms. The third-order valence-corrected chi connectivity index (χ3v) is 4.54. The van der Waals surface area contributed by atoms with Crippen molar-refractivity contribution in [1.82, 2.24) is 9.88 Å². The van der Waals surface area contributed by atoms with Gasteiger partial charge in [0, 0.05) is 17.6 Å². The van der Waals surface area contributed by atoms with Gasteiger partial charge in [0.15, 0.2) is 12.4 Å². The summed E-state index contributed by atoms with van der Waals surface area (Å²) in [6.45, 7) is -0.690. The summed E-state index contributed by atoms with van der Waals surface area (Å²) in [5.41, 5.74) is 0. The molecule has 1 aromatic carbocycles. The molecule has 0 radical (unpaired) electrons. The molecule has 0 unspecified atom stereocenters. The highest BCUT2D eigenvalue weighted by Gasteiger charge is 2.15. The van der Waals surface area contributed by atoms with Crippen LogP contribution in [0.4, 0.5) is 5.82 Å². The van der Waals surface area contributed by atoms with Crippen molar-refractivity contribution in [3.8, 4) is 0 Å². The standard InChI is InChI=1S/C14H14ClN3O6S/c15-10-1-3-11(4-2-10)25(21,22)16-7-5-14(20)23-9-13(19)17-12-6-8-24-18-12/h1-4,6,8,16H,5,7,9H2,(H,17,18,19). The molecule has 2 rings (SSSR count). The van der Waals surface area contributed by atoms with Gasteiger partial charge in [-0.1, -0.05) is 16.8 Å². The number of sulfonamides is 1. The van der Waals surface area contributed by atoms with E-state index in [0.717, 1.165) is 0 Å². The van der Waals surface area contributed by atoms with E-state index in [1.807, 2.05) is 0 Å². The third-order valence-electron chi connectivity index (χ3n) is 2.81. The van der Waals surface area contributed by atoms with E-state index in [1.54, 1.807) is 0 Å². The van der Waals surface area contributed by atoms with Crippen molar-refractivity contribution in [3.63, 3.8) is 0 Å². The monoisotopic (exact) mass is 387 g/mol. The first-order chi connectivity index (χ1) is 11.9. The number of nitrogens with zero attached hydrogens (tertiary/aromatic N) is 1. The molecule has 0 aliphatic heterocycles. The van der Waals surface area contributed by atoms with Crippen molar-refractivity contribution in [3.05, 3.63) is 41.6 Å². The minimum Gasteiger partial charge on any atom is -0.456 e. The molecule has 2 aromatic rings. The van der Waals surface area contributed by atoms with Gasteiger partial charge in [0.25, 0.3) is 5.91 Å². The van der Waals surface area contributed by atoms with Gasteiger partial charge in [-0.15, -0.1) is 0 Å². The second-order valence-electron chi connectivity index (χ2n) is 4.70. The Morgan fingerprint density at radius 3 is 2.56 bits per heavy atom. The SMILES string of the molecule is O=C(COC(=O)CCNS(=O)(=O)c1ccc(Cl)cc1)Nc1ccon1. The highest BCUT2D eigenvalue weighted by molar-refractivity contribution is 7.89. The molecule has 25 heavy (non-hydrogen) atoms. The number of hydrogen-bond acceptors (Lipinski definition) is 7. The fourth-order valence-corrected chi connectivity index (χ4v) is 2.82. The molecule has 2 N–H and O–H groups in total. The van der Waals surface area contributed by atoms with Gasteiger partial charge >= 0.3 is 5.97 Å². The van der Waals surface area contributed by atoms with Gasteiger partial charge in [0.1, 0.15) is 6.26 Å². The highest BCUT2D eigenvalue weighted by Crippen LogP contribution is 2.13. The summed E-state index contributed by atoms with van der Waals surface area (Å²) in [7, 11) is -3.75. The minimum absolute atomic E-state index is 0.0252. The molecule has 11 heteroatoms. The number of anilines is 1. The molecule has 0 fully saturated rings. The van der Waals surface area contributed by atoms with Crippen LogP contribution in [0.1, 0.15) is 6.42 Å². The Hall–Kier alpha value is -2.43. The van der Waals surface area contributed by atoms with Crippen molar-refractivity contribution < 1.29 is 27.3 Å². The number of aromatic nitrogens is 1. The number of amides is 1. The predicted octanol–water partition coefficient (Wildman–Crippen LogP) is 1.18. The van der Waals surface area contributed by atoms with Gasteiger partial charge in [0.2, 0.25) is 10.0 Å². The van der Waals surface area contributed by atoms with Crippen LogP contribution in [-0.4, -0.2) is 38.6 Å². The maximum absolute atomic E-state index is 12.0. The molecular weight excluding hydrogens is 374 g/mol. The lowest BCUT2D eigenvalue weighted by molar-refractivity contribution is -0.147. The number of hydrogen-bond donors (Lipinski definition) is 2. The van der Waals surface area contributed by atoms with E-state index in [9.17, 15) is 18.0 Å². The van der Waals surface area contributed by atoms with E-state index < -0.39 is 28.5 Å². The van der Waals surface area contributed by atoms with Crippen LogP contribution in [0.5, 0.6) is 0 Å². The van der Waals surface area contributed by atoms with Gasteiger partial charge in [-0.25, -0.2) is 13.1 Å². The van der Waals surface area contributed by atoms with Crippen LogP contribution in [0.3, 0.4) is 0 Å². The van der Waals surface area contributed by atoms with Crippen LogP contribution >= 0.6 is 11.6 Å². The first kappa shape index (κ1) is 18.9. The summed E-state index contributed by atoms with van der Waals surface area (Å²) >= 11 is 5.69. The van der Waals surface area contributed by atoms with Gasteiger partial charge in [-0.3, -0.25) is 9.59 Å². The zero-order valence-corrected chi connectivity index (χ0v) is 14.3. The van der Waals surface area contributed by atoms with Crippen molar-refractivity contribution in [2.45, 2.75) is 11.3 Å². The van der Waals surface area contributed by atoms with Gasteiger partial charge in [-0.05, 0) is 24.3 Å². The summed E-state index contributed by atoms with van der Waals surface area (Å²) in [4.78, 5) is 23.0. The molecule has 0 bridgehead atoms. The number of nitrogens with one attached hydrogen (secondary N) is 2. The molecule has 0 saturated carbocycles. The lowest BCUT2D eigenvalue weighted by Gasteiger charge is -2.07. The topological polar surface area (TPSA) is 128 Å². The van der Waals surface area contributed by atoms with Crippen LogP contribution in [0.25, 0.3) is 0 Å². The van der Waals surface area contributed by atoms with E-state index in [-0.39, 0.29) is 23.7 Å². The Bertz CT molecular complexity index is 821. The molecule has 1 heterocycles. The summed E-state index contributed by atoms with van der Waals surface area (Å²) in [5, 5.41) is 6.21. The first-order valence-corrected chi connectivity index (χ1v) is 8.84. The number of halogens is 1. The minimum atomic E-state index is -3.75. The largest absolute Gasteiger partial charge is 0.456 e. The normalized spacial score (nSPS) is 11.1. The molecule has 0 aliphatic carbocycles. The Kier molecular flexibility index (Phi) is 6.51. The van der Waals surface area contributed by atoms with E-state index >= 15 is 0 Å². The number of esters is 1. The Balaban J connectivity index is 1.71. The first-order valence-electron chi connectivity index (χ1n) is 6.98. The Labute approximate surface area is 148 Å². The number of carbonyl (C=O) groups excluding carboxylic acids is 2. The number of carbonyl (C=O) groups is 2. The molecule has 9 nitrogen and oxygen atoms in total. The lowest BCUT2D eigenvalue weighted by Crippen LogP contribution is -2.28. The molecule has 1 aromatic heterocycles. The van der Waals surface area contributed by atoms with Crippen molar-refractivity contribution in [2.75, 3.05) is 18.5 Å². The second-order valence-corrected chi connectivity index (χ2v) is 6.90. The zero-order valence-electron chi connectivity index (χ0n) is 12.8. The van der Waals surface area contributed by atoms with Crippen LogP contribution < -0.4 is 10.0 Å². The summed E-state index contributed by atoms with van der Waals surface area (Å²) in [6.07, 6.45) is 1.04. The molecular formula is C14H14ClN3O6S. The van der Waals surface area contributed by atoms with E-state index in [0.29, 0.717) is 5.02 Å². The smallest absolute Gasteiger partial charge is 0.307 e. The lowest BCUT2D eigenvalue weighted by atomic mass is 10.4. The van der Waals surface area contributed by atoms with Crippen molar-refractivity contribution >= 4 is 39.3 Å². The average molecular weight is 388 g/mol. The predicted molar refractivity (Wildman–Crippen MR) is 87.3 cm³/mol. The van der Waals surface area contributed by atoms with E-state index in [4.69, 9.17) is 16.3 Å². The maximum atomic E-state index is 12.0. The summed E-state index contributed by atoms with van der Waals surface area (Å²) < 4.78 is 35.5. The second kappa shape index (κ2) is 8.60. The molecule has 0 saturated heterocycles. The summed E-state index contributed by atoms with van der Waals surface area (Å²) in [5.74, 6) is -1.13. The number of benzene rings is 1. The van der Waals surface area contributed by atoms with Crippen molar-refractivity contribution in [2.24, 2.45) is 0 Å². The molecule has 0 atom stereocenters. The molecule has 134 valence electrons.